The number of carbonyl (C=O) groups excluding carboxylic acids is 1. The fourth-order valence-corrected chi connectivity index (χ4v) is 3.17. The molecule has 1 saturated heterocycles. The molecule has 1 atom stereocenters. The van der Waals surface area contributed by atoms with E-state index in [2.05, 4.69) is 21.2 Å². The Morgan fingerprint density at radius 3 is 2.52 bits per heavy atom. The van der Waals surface area contributed by atoms with Gasteiger partial charge in [-0.3, -0.25) is 4.79 Å². The van der Waals surface area contributed by atoms with Crippen LogP contribution in [0.3, 0.4) is 0 Å². The zero-order valence-corrected chi connectivity index (χ0v) is 15.6. The Bertz CT molecular complexity index is 545. The van der Waals surface area contributed by atoms with Crippen molar-refractivity contribution in [3.8, 4) is 11.5 Å². The van der Waals surface area contributed by atoms with Crippen LogP contribution in [0.15, 0.2) is 16.6 Å². The van der Waals surface area contributed by atoms with Crippen molar-refractivity contribution < 1.29 is 14.3 Å². The lowest BCUT2D eigenvalue weighted by Crippen LogP contribution is -2.39. The highest BCUT2D eigenvalue weighted by atomic mass is 79.9. The predicted molar refractivity (Wildman–Crippen MR) is 94.2 cm³/mol. The highest BCUT2D eigenvalue weighted by Crippen LogP contribution is 2.34. The minimum atomic E-state index is 0.117. The average Bonchev–Trinajstić information content (AvgIpc) is 3.05. The van der Waals surface area contributed by atoms with E-state index < -0.39 is 0 Å². The van der Waals surface area contributed by atoms with Crippen LogP contribution in [0.5, 0.6) is 11.5 Å². The molecular formula is C17H25BrN2O3. The van der Waals surface area contributed by atoms with Crippen LogP contribution in [0.2, 0.25) is 0 Å². The first-order valence-electron chi connectivity index (χ1n) is 8.11. The fourth-order valence-electron chi connectivity index (χ4n) is 2.71. The number of carbonyl (C=O) groups is 1. The molecule has 1 aliphatic rings. The van der Waals surface area contributed by atoms with Gasteiger partial charge in [0.2, 0.25) is 5.91 Å². The topological polar surface area (TPSA) is 50.8 Å². The van der Waals surface area contributed by atoms with E-state index in [1.165, 1.54) is 0 Å². The number of hydrogen-bond donors (Lipinski definition) is 1. The molecule has 0 aromatic heterocycles. The quantitative estimate of drug-likeness (QED) is 0.784. The van der Waals surface area contributed by atoms with Crippen molar-refractivity contribution in [2.75, 3.05) is 33.4 Å². The van der Waals surface area contributed by atoms with Gasteiger partial charge in [-0.25, -0.2) is 0 Å². The summed E-state index contributed by atoms with van der Waals surface area (Å²) in [6.45, 7) is 6.85. The SMILES string of the molecule is CCOc1cc(Br)c(CC(=O)N(C)C2CCNC2)cc1OCC. The first-order chi connectivity index (χ1) is 11.1. The summed E-state index contributed by atoms with van der Waals surface area (Å²) in [5.74, 6) is 1.50. The van der Waals surface area contributed by atoms with Crippen LogP contribution in [-0.2, 0) is 11.2 Å². The Kier molecular flexibility index (Phi) is 6.72. The van der Waals surface area contributed by atoms with E-state index in [1.807, 2.05) is 37.9 Å². The number of likely N-dealkylation sites (N-methyl/N-ethyl adjacent to an activating group) is 1. The van der Waals surface area contributed by atoms with Gasteiger partial charge in [-0.1, -0.05) is 15.9 Å². The molecule has 1 aromatic rings. The summed E-state index contributed by atoms with van der Waals surface area (Å²) in [6.07, 6.45) is 1.36. The van der Waals surface area contributed by atoms with E-state index in [-0.39, 0.29) is 11.9 Å². The van der Waals surface area contributed by atoms with Crippen LogP contribution >= 0.6 is 15.9 Å². The molecule has 0 aliphatic carbocycles. The molecule has 1 fully saturated rings. The van der Waals surface area contributed by atoms with Gasteiger partial charge in [0, 0.05) is 24.1 Å². The highest BCUT2D eigenvalue weighted by Gasteiger charge is 2.24. The monoisotopic (exact) mass is 384 g/mol. The van der Waals surface area contributed by atoms with Crippen LogP contribution in [0.4, 0.5) is 0 Å². The molecule has 6 heteroatoms. The number of amides is 1. The predicted octanol–water partition coefficient (Wildman–Crippen LogP) is 2.61. The summed E-state index contributed by atoms with van der Waals surface area (Å²) in [5, 5.41) is 3.29. The average molecular weight is 385 g/mol. The molecule has 1 heterocycles. The maximum absolute atomic E-state index is 12.5. The number of nitrogens with one attached hydrogen (secondary N) is 1. The van der Waals surface area contributed by atoms with Gasteiger partial charge in [0.1, 0.15) is 0 Å². The van der Waals surface area contributed by atoms with Crippen LogP contribution in [0.25, 0.3) is 0 Å². The molecule has 1 N–H and O–H groups in total. The van der Waals surface area contributed by atoms with Gasteiger partial charge in [0.25, 0.3) is 0 Å². The Labute approximate surface area is 146 Å². The van der Waals surface area contributed by atoms with E-state index in [0.29, 0.717) is 31.1 Å². The molecule has 2 rings (SSSR count). The fraction of sp³-hybridized carbons (Fsp3) is 0.588. The van der Waals surface area contributed by atoms with E-state index in [9.17, 15) is 4.79 Å². The van der Waals surface area contributed by atoms with Crippen LogP contribution < -0.4 is 14.8 Å². The standard InChI is InChI=1S/C17H25BrN2O3/c1-4-22-15-8-12(14(18)10-16(15)23-5-2)9-17(21)20(3)13-6-7-19-11-13/h8,10,13,19H,4-7,9,11H2,1-3H3. The summed E-state index contributed by atoms with van der Waals surface area (Å²) >= 11 is 3.54. The van der Waals surface area contributed by atoms with E-state index in [1.54, 1.807) is 0 Å². The van der Waals surface area contributed by atoms with Crippen molar-refractivity contribution >= 4 is 21.8 Å². The third-order valence-corrected chi connectivity index (χ3v) is 4.77. The van der Waals surface area contributed by atoms with Crippen LogP contribution in [0, 0.1) is 0 Å². The van der Waals surface area contributed by atoms with Gasteiger partial charge in [0.05, 0.1) is 19.6 Å². The molecular weight excluding hydrogens is 360 g/mol. The number of benzene rings is 1. The lowest BCUT2D eigenvalue weighted by atomic mass is 10.1. The second-order valence-corrected chi connectivity index (χ2v) is 6.44. The van der Waals surface area contributed by atoms with Crippen molar-refractivity contribution in [2.24, 2.45) is 0 Å². The minimum Gasteiger partial charge on any atom is -0.490 e. The molecule has 0 radical (unpaired) electrons. The summed E-state index contributed by atoms with van der Waals surface area (Å²) in [6, 6.07) is 4.07. The molecule has 0 bridgehead atoms. The number of nitrogens with zero attached hydrogens (tertiary/aromatic N) is 1. The van der Waals surface area contributed by atoms with Crippen molar-refractivity contribution in [1.82, 2.24) is 10.2 Å². The number of ether oxygens (including phenoxy) is 2. The molecule has 0 saturated carbocycles. The van der Waals surface area contributed by atoms with E-state index in [0.717, 1.165) is 29.5 Å². The van der Waals surface area contributed by atoms with Gasteiger partial charge in [-0.05, 0) is 44.5 Å². The van der Waals surface area contributed by atoms with Gasteiger partial charge < -0.3 is 19.7 Å². The lowest BCUT2D eigenvalue weighted by Gasteiger charge is -2.24. The van der Waals surface area contributed by atoms with E-state index in [4.69, 9.17) is 9.47 Å². The number of halogens is 1. The molecule has 23 heavy (non-hydrogen) atoms. The van der Waals surface area contributed by atoms with Crippen LogP contribution in [-0.4, -0.2) is 50.2 Å². The third-order valence-electron chi connectivity index (χ3n) is 4.03. The second-order valence-electron chi connectivity index (χ2n) is 5.58. The van der Waals surface area contributed by atoms with Gasteiger partial charge >= 0.3 is 0 Å². The molecule has 0 spiro atoms. The maximum atomic E-state index is 12.5. The molecule has 1 amide bonds. The largest absolute Gasteiger partial charge is 0.490 e. The molecule has 1 unspecified atom stereocenters. The minimum absolute atomic E-state index is 0.117. The maximum Gasteiger partial charge on any atom is 0.227 e. The molecule has 1 aliphatic heterocycles. The highest BCUT2D eigenvalue weighted by molar-refractivity contribution is 9.10. The zero-order chi connectivity index (χ0) is 16.8. The summed E-state index contributed by atoms with van der Waals surface area (Å²) < 4.78 is 12.1. The van der Waals surface area contributed by atoms with E-state index >= 15 is 0 Å². The Hall–Kier alpha value is -1.27. The third kappa shape index (κ3) is 4.61. The summed E-state index contributed by atoms with van der Waals surface area (Å²) in [7, 11) is 1.88. The number of hydrogen-bond acceptors (Lipinski definition) is 4. The number of rotatable bonds is 7. The Morgan fingerprint density at radius 1 is 1.30 bits per heavy atom. The summed E-state index contributed by atoms with van der Waals surface area (Å²) in [5.41, 5.74) is 0.916. The normalized spacial score (nSPS) is 17.1. The van der Waals surface area contributed by atoms with Gasteiger partial charge in [-0.2, -0.15) is 0 Å². The van der Waals surface area contributed by atoms with Crippen molar-refractivity contribution in [2.45, 2.75) is 32.7 Å². The van der Waals surface area contributed by atoms with Crippen molar-refractivity contribution in [1.29, 1.82) is 0 Å². The zero-order valence-electron chi connectivity index (χ0n) is 14.0. The summed E-state index contributed by atoms with van der Waals surface area (Å²) in [4.78, 5) is 14.4. The molecule has 128 valence electrons. The second kappa shape index (κ2) is 8.55. The Balaban J connectivity index is 2.14. The smallest absolute Gasteiger partial charge is 0.227 e. The molecule has 5 nitrogen and oxygen atoms in total. The van der Waals surface area contributed by atoms with Crippen molar-refractivity contribution in [3.05, 3.63) is 22.2 Å². The first kappa shape index (κ1) is 18.1. The van der Waals surface area contributed by atoms with Crippen LogP contribution in [0.1, 0.15) is 25.8 Å². The molecule has 1 aromatic carbocycles. The van der Waals surface area contributed by atoms with Gasteiger partial charge in [0.15, 0.2) is 11.5 Å². The van der Waals surface area contributed by atoms with Crippen molar-refractivity contribution in [3.63, 3.8) is 0 Å². The lowest BCUT2D eigenvalue weighted by molar-refractivity contribution is -0.130. The first-order valence-corrected chi connectivity index (χ1v) is 8.90. The Morgan fingerprint density at radius 2 is 1.96 bits per heavy atom. The van der Waals surface area contributed by atoms with Gasteiger partial charge in [-0.15, -0.1) is 0 Å².